The molecule has 0 radical (unpaired) electrons. The minimum absolute atomic E-state index is 0.697. The summed E-state index contributed by atoms with van der Waals surface area (Å²) in [6, 6.07) is 0. The van der Waals surface area contributed by atoms with Crippen molar-refractivity contribution in [1.29, 1.82) is 0 Å². The number of carbonyl (C=O) groups excluding carboxylic acids is 1. The van der Waals surface area contributed by atoms with Gasteiger partial charge in [0.05, 0.1) is 0 Å². The number of rotatable bonds is 5. The minimum Gasteiger partial charge on any atom is -0.332 e. The molecule has 0 rings (SSSR count). The summed E-state index contributed by atoms with van der Waals surface area (Å²) in [5.74, 6) is 0. The maximum Gasteiger partial charge on any atom is 0.211 e. The quantitative estimate of drug-likeness (QED) is 0.528. The average molecular weight is 193 g/mol. The second-order valence-corrected chi connectivity index (χ2v) is 3.12. The molecule has 0 aromatic rings. The van der Waals surface area contributed by atoms with Gasteiger partial charge in [0.25, 0.3) is 0 Å². The molecule has 0 bridgehead atoms. The summed E-state index contributed by atoms with van der Waals surface area (Å²) in [5.41, 5.74) is 3.26. The van der Waals surface area contributed by atoms with Gasteiger partial charge in [-0.3, -0.25) is 4.79 Å². The Hall–Kier alpha value is -1.31. The molecule has 0 aliphatic rings. The molecule has 0 unspecified atom stereocenters. The fraction of sp³-hybridized carbons (Fsp3) is 0.417. The third-order valence-corrected chi connectivity index (χ3v) is 2.19. The normalized spacial score (nSPS) is 14.1. The van der Waals surface area contributed by atoms with Crippen molar-refractivity contribution in [1.82, 2.24) is 5.32 Å². The van der Waals surface area contributed by atoms with E-state index in [2.05, 4.69) is 24.4 Å². The van der Waals surface area contributed by atoms with E-state index in [1.807, 2.05) is 26.8 Å². The highest BCUT2D eigenvalue weighted by atomic mass is 16.1. The number of nitrogens with one attached hydrogen (secondary N) is 1. The lowest BCUT2D eigenvalue weighted by Gasteiger charge is -2.01. The first kappa shape index (κ1) is 12.7. The van der Waals surface area contributed by atoms with Crippen LogP contribution < -0.4 is 5.32 Å². The van der Waals surface area contributed by atoms with Crippen molar-refractivity contribution >= 4 is 6.41 Å². The maximum atomic E-state index is 10.2. The van der Waals surface area contributed by atoms with Gasteiger partial charge in [0.2, 0.25) is 6.41 Å². The van der Waals surface area contributed by atoms with Crippen molar-refractivity contribution in [3.63, 3.8) is 0 Å². The van der Waals surface area contributed by atoms with E-state index in [9.17, 15) is 4.79 Å². The Morgan fingerprint density at radius 1 is 1.29 bits per heavy atom. The standard InChI is InChI=1S/C12H19NO/c1-5-12(6-2)8-7-10(3)11(4)13-9-14/h5,7-9H,6H2,1-4H3,(H,13,14)/b8-7-,11-10+,12-5-. The summed E-state index contributed by atoms with van der Waals surface area (Å²) in [7, 11) is 0. The van der Waals surface area contributed by atoms with Gasteiger partial charge in [-0.1, -0.05) is 30.7 Å². The molecule has 0 aromatic heterocycles. The summed E-state index contributed by atoms with van der Waals surface area (Å²) in [4.78, 5) is 10.2. The molecule has 2 nitrogen and oxygen atoms in total. The average Bonchev–Trinajstić information content (AvgIpc) is 2.19. The van der Waals surface area contributed by atoms with E-state index in [4.69, 9.17) is 0 Å². The van der Waals surface area contributed by atoms with E-state index < -0.39 is 0 Å². The molecule has 0 aromatic carbocycles. The van der Waals surface area contributed by atoms with Gasteiger partial charge in [0.15, 0.2) is 0 Å². The molecule has 0 atom stereocenters. The van der Waals surface area contributed by atoms with Crippen LogP contribution in [0.5, 0.6) is 0 Å². The second kappa shape index (κ2) is 7.13. The molecule has 0 fully saturated rings. The Bertz CT molecular complexity index is 272. The molecule has 1 N–H and O–H groups in total. The molecule has 78 valence electrons. The summed E-state index contributed by atoms with van der Waals surface area (Å²) in [6.45, 7) is 8.01. The molecule has 0 saturated carbocycles. The van der Waals surface area contributed by atoms with Crippen LogP contribution in [0.15, 0.2) is 35.1 Å². The van der Waals surface area contributed by atoms with Crippen LogP contribution in [0.25, 0.3) is 0 Å². The van der Waals surface area contributed by atoms with E-state index in [1.54, 1.807) is 0 Å². The Kier molecular flexibility index (Phi) is 6.46. The third-order valence-electron chi connectivity index (χ3n) is 2.19. The van der Waals surface area contributed by atoms with Crippen molar-refractivity contribution in [3.8, 4) is 0 Å². The van der Waals surface area contributed by atoms with Crippen LogP contribution in [-0.4, -0.2) is 6.41 Å². The zero-order valence-electron chi connectivity index (χ0n) is 9.42. The Labute approximate surface area is 86.4 Å². The van der Waals surface area contributed by atoms with Crippen molar-refractivity contribution in [2.45, 2.75) is 34.1 Å². The van der Waals surface area contributed by atoms with Gasteiger partial charge < -0.3 is 5.32 Å². The number of carbonyl (C=O) groups is 1. The van der Waals surface area contributed by atoms with Gasteiger partial charge in [0.1, 0.15) is 0 Å². The molecule has 0 aliphatic carbocycles. The SMILES string of the molecule is C\C=C(/C=C\C(C)=C(/C)NC=O)CC. The van der Waals surface area contributed by atoms with Gasteiger partial charge in [-0.15, -0.1) is 0 Å². The van der Waals surface area contributed by atoms with Gasteiger partial charge >= 0.3 is 0 Å². The maximum absolute atomic E-state index is 10.2. The molecule has 2 heteroatoms. The topological polar surface area (TPSA) is 29.1 Å². The van der Waals surface area contributed by atoms with Gasteiger partial charge in [-0.05, 0) is 32.8 Å². The first-order valence-electron chi connectivity index (χ1n) is 4.86. The predicted molar refractivity (Wildman–Crippen MR) is 60.8 cm³/mol. The summed E-state index contributed by atoms with van der Waals surface area (Å²) in [5, 5.41) is 2.63. The molecule has 14 heavy (non-hydrogen) atoms. The monoisotopic (exact) mass is 193 g/mol. The van der Waals surface area contributed by atoms with Crippen LogP contribution in [0.4, 0.5) is 0 Å². The smallest absolute Gasteiger partial charge is 0.211 e. The summed E-state index contributed by atoms with van der Waals surface area (Å²) in [6.07, 6.45) is 7.91. The summed E-state index contributed by atoms with van der Waals surface area (Å²) < 4.78 is 0. The predicted octanol–water partition coefficient (Wildman–Crippen LogP) is 2.94. The van der Waals surface area contributed by atoms with E-state index >= 15 is 0 Å². The van der Waals surface area contributed by atoms with Gasteiger partial charge in [0, 0.05) is 5.70 Å². The van der Waals surface area contributed by atoms with Gasteiger partial charge in [-0.2, -0.15) is 0 Å². The van der Waals surface area contributed by atoms with Gasteiger partial charge in [-0.25, -0.2) is 0 Å². The zero-order valence-corrected chi connectivity index (χ0v) is 9.42. The van der Waals surface area contributed by atoms with E-state index in [-0.39, 0.29) is 0 Å². The van der Waals surface area contributed by atoms with Crippen LogP contribution in [0.3, 0.4) is 0 Å². The lowest BCUT2D eigenvalue weighted by Crippen LogP contribution is -2.08. The van der Waals surface area contributed by atoms with Crippen molar-refractivity contribution in [2.75, 3.05) is 0 Å². The number of allylic oxidation sites excluding steroid dienone is 6. The lowest BCUT2D eigenvalue weighted by atomic mass is 10.1. The van der Waals surface area contributed by atoms with E-state index in [1.165, 1.54) is 5.57 Å². The fourth-order valence-corrected chi connectivity index (χ4v) is 0.977. The van der Waals surface area contributed by atoms with Crippen molar-refractivity contribution in [3.05, 3.63) is 35.1 Å². The second-order valence-electron chi connectivity index (χ2n) is 3.12. The highest BCUT2D eigenvalue weighted by Crippen LogP contribution is 2.07. The van der Waals surface area contributed by atoms with Crippen LogP contribution in [0.2, 0.25) is 0 Å². The first-order chi connectivity index (χ1) is 6.65. The third kappa shape index (κ3) is 4.65. The number of hydrogen-bond acceptors (Lipinski definition) is 1. The molecule has 0 saturated heterocycles. The Morgan fingerprint density at radius 2 is 1.93 bits per heavy atom. The van der Waals surface area contributed by atoms with Crippen LogP contribution >= 0.6 is 0 Å². The number of hydrogen-bond donors (Lipinski definition) is 1. The highest BCUT2D eigenvalue weighted by Gasteiger charge is 1.91. The summed E-state index contributed by atoms with van der Waals surface area (Å²) >= 11 is 0. The van der Waals surface area contributed by atoms with E-state index in [0.29, 0.717) is 6.41 Å². The molecule has 0 heterocycles. The Morgan fingerprint density at radius 3 is 2.36 bits per heavy atom. The molecule has 0 spiro atoms. The van der Waals surface area contributed by atoms with Crippen LogP contribution in [0, 0.1) is 0 Å². The zero-order chi connectivity index (χ0) is 11.0. The highest BCUT2D eigenvalue weighted by molar-refractivity contribution is 5.51. The fourth-order valence-electron chi connectivity index (χ4n) is 0.977. The minimum atomic E-state index is 0.697. The molecule has 1 amide bonds. The van der Waals surface area contributed by atoms with E-state index in [0.717, 1.165) is 17.7 Å². The molecule has 0 aliphatic heterocycles. The lowest BCUT2D eigenvalue weighted by molar-refractivity contribution is -0.108. The van der Waals surface area contributed by atoms with Crippen molar-refractivity contribution in [2.24, 2.45) is 0 Å². The van der Waals surface area contributed by atoms with Crippen molar-refractivity contribution < 1.29 is 4.79 Å². The largest absolute Gasteiger partial charge is 0.332 e. The van der Waals surface area contributed by atoms with Crippen LogP contribution in [-0.2, 0) is 4.79 Å². The molecular formula is C12H19NO. The number of amides is 1. The van der Waals surface area contributed by atoms with Crippen LogP contribution in [0.1, 0.15) is 34.1 Å². The Balaban J connectivity index is 4.50. The molecular weight excluding hydrogens is 174 g/mol. The first-order valence-corrected chi connectivity index (χ1v) is 4.86.